The molecule has 0 heterocycles. The van der Waals surface area contributed by atoms with Gasteiger partial charge in [-0.3, -0.25) is 0 Å². The summed E-state index contributed by atoms with van der Waals surface area (Å²) in [6.45, 7) is 0. The molecule has 0 aliphatic rings. The number of rotatable bonds is 2. The molecule has 0 saturated carbocycles. The summed E-state index contributed by atoms with van der Waals surface area (Å²) in [4.78, 5) is 0. The molecule has 0 fully saturated rings. The highest BCUT2D eigenvalue weighted by atomic mass is 127. The molecule has 0 atom stereocenters. The maximum atomic E-state index is 6.08. The predicted molar refractivity (Wildman–Crippen MR) is 101 cm³/mol. The lowest BCUT2D eigenvalue weighted by Gasteiger charge is -2.18. The van der Waals surface area contributed by atoms with E-state index in [4.69, 9.17) is 11.6 Å². The van der Waals surface area contributed by atoms with Crippen LogP contribution in [0.25, 0.3) is 0 Å². The Morgan fingerprint density at radius 2 is 1.86 bits per heavy atom. The van der Waals surface area contributed by atoms with E-state index in [0.29, 0.717) is 0 Å². The molecule has 0 aromatic heterocycles. The Bertz CT molecular complexity index is 348. The van der Waals surface area contributed by atoms with Crippen LogP contribution in [0, 0.1) is 3.57 Å². The third-order valence-corrected chi connectivity index (χ3v) is 5.81. The van der Waals surface area contributed by atoms with E-state index in [0.717, 1.165) is 13.9 Å². The second-order valence-electron chi connectivity index (χ2n) is 2.52. The van der Waals surface area contributed by atoms with E-state index in [1.807, 2.05) is 6.07 Å². The molecule has 6 heteroatoms. The van der Waals surface area contributed by atoms with Crippen molar-refractivity contribution in [3.05, 3.63) is 31.9 Å². The Balaban J connectivity index is 3.39. The van der Waals surface area contributed by atoms with Crippen LogP contribution in [-0.2, 0) is 4.77 Å². The van der Waals surface area contributed by atoms with Crippen LogP contribution >= 0.6 is 118 Å². The molecule has 1 aromatic rings. The van der Waals surface area contributed by atoms with E-state index < -0.39 is 0 Å². The van der Waals surface area contributed by atoms with E-state index in [-0.39, 0.29) is -0.565 Å². The zero-order valence-electron chi connectivity index (χ0n) is 6.63. The minimum Gasteiger partial charge on any atom is -0.0876 e. The van der Waals surface area contributed by atoms with Crippen molar-refractivity contribution < 1.29 is 0 Å². The first kappa shape index (κ1) is 15.0. The molecule has 0 aliphatic carbocycles. The van der Waals surface area contributed by atoms with Gasteiger partial charge in [0.25, 0.3) is 0 Å². The molecule has 0 bridgehead atoms. The van der Waals surface area contributed by atoms with E-state index in [1.165, 1.54) is 11.1 Å². The quantitative estimate of drug-likeness (QED) is 0.250. The molecule has 14 heavy (non-hydrogen) atoms. The van der Waals surface area contributed by atoms with Crippen LogP contribution in [0.4, 0.5) is 0 Å². The van der Waals surface area contributed by atoms with Crippen molar-refractivity contribution in [2.45, 2.75) is 4.77 Å². The number of hydrogen-bond acceptors (Lipinski definition) is 0. The van der Waals surface area contributed by atoms with Gasteiger partial charge in [-0.05, 0) is 108 Å². The first-order valence-corrected chi connectivity index (χ1v) is 9.29. The summed E-state index contributed by atoms with van der Waals surface area (Å²) in [5.41, 5.74) is 2.61. The van der Waals surface area contributed by atoms with Crippen molar-refractivity contribution in [3.63, 3.8) is 0 Å². The second kappa shape index (κ2) is 6.19. The molecule has 78 valence electrons. The first-order chi connectivity index (χ1) is 6.38. The van der Waals surface area contributed by atoms with E-state index in [2.05, 4.69) is 112 Å². The lowest BCUT2D eigenvalue weighted by Crippen LogP contribution is -2.04. The minimum atomic E-state index is 0.0842. The number of benzene rings is 1. The van der Waals surface area contributed by atoms with Gasteiger partial charge in [-0.15, -0.1) is 0 Å². The monoisotopic (exact) mass is 722 g/mol. The van der Waals surface area contributed by atoms with Crippen molar-refractivity contribution in [2.75, 3.05) is 0 Å². The SMILES string of the molecule is Clc1ccc(C(I)(I)I)c(CBr)c1I. The predicted octanol–water partition coefficient (Wildman–Crippen LogP) is 6.25. The number of halogens is 6. The van der Waals surface area contributed by atoms with Crippen LogP contribution in [0.2, 0.25) is 5.02 Å². The smallest absolute Gasteiger partial charge is 0.0876 e. The first-order valence-electron chi connectivity index (χ1n) is 3.48. The summed E-state index contributed by atoms with van der Waals surface area (Å²) in [7, 11) is 0. The lowest BCUT2D eigenvalue weighted by atomic mass is 10.1. The van der Waals surface area contributed by atoms with Crippen LogP contribution in [0.5, 0.6) is 0 Å². The van der Waals surface area contributed by atoms with Gasteiger partial charge in [0.05, 0.1) is 5.02 Å². The Kier molecular flexibility index (Phi) is 6.62. The van der Waals surface area contributed by atoms with Crippen LogP contribution in [0.3, 0.4) is 0 Å². The van der Waals surface area contributed by atoms with E-state index in [1.54, 1.807) is 0 Å². The van der Waals surface area contributed by atoms with Gasteiger partial charge >= 0.3 is 0 Å². The summed E-state index contributed by atoms with van der Waals surface area (Å²) in [6, 6.07) is 4.07. The van der Waals surface area contributed by atoms with Crippen molar-refractivity contribution in [1.29, 1.82) is 0 Å². The molecule has 0 amide bonds. The van der Waals surface area contributed by atoms with Crippen LogP contribution < -0.4 is 0 Å². The summed E-state index contributed by atoms with van der Waals surface area (Å²) >= 11 is 19.2. The Morgan fingerprint density at radius 1 is 1.29 bits per heavy atom. The van der Waals surface area contributed by atoms with Gasteiger partial charge in [-0.1, -0.05) is 33.6 Å². The summed E-state index contributed by atoms with van der Waals surface area (Å²) < 4.78 is 1.23. The molecular weight excluding hydrogens is 719 g/mol. The Hall–Kier alpha value is 2.91. The number of alkyl halides is 4. The average molecular weight is 723 g/mol. The maximum absolute atomic E-state index is 6.08. The topological polar surface area (TPSA) is 0 Å². The standard InChI is InChI=1S/C8H4BrClI4/c9-3-4-5(8(12,13)14)1-2-6(10)7(4)11/h1-2H,3H2. The van der Waals surface area contributed by atoms with Gasteiger partial charge in [0.2, 0.25) is 0 Å². The molecule has 0 saturated heterocycles. The van der Waals surface area contributed by atoms with Gasteiger partial charge < -0.3 is 0 Å². The highest BCUT2D eigenvalue weighted by Gasteiger charge is 2.25. The fourth-order valence-corrected chi connectivity index (χ4v) is 4.45. The average Bonchev–Trinajstić information content (AvgIpc) is 2.07. The summed E-state index contributed by atoms with van der Waals surface area (Å²) in [5, 5.41) is 1.68. The molecule has 0 radical (unpaired) electrons. The third-order valence-electron chi connectivity index (χ3n) is 1.64. The highest BCUT2D eigenvalue weighted by molar-refractivity contribution is 14.3. The Labute approximate surface area is 151 Å². The summed E-state index contributed by atoms with van der Waals surface area (Å²) in [5.74, 6) is 0. The van der Waals surface area contributed by atoms with Crippen molar-refractivity contribution in [1.82, 2.24) is 0 Å². The van der Waals surface area contributed by atoms with Crippen LogP contribution in [0.1, 0.15) is 11.1 Å². The molecule has 0 spiro atoms. The lowest BCUT2D eigenvalue weighted by molar-refractivity contribution is 1.28. The van der Waals surface area contributed by atoms with E-state index >= 15 is 0 Å². The van der Waals surface area contributed by atoms with Crippen LogP contribution in [-0.4, -0.2) is 0 Å². The molecule has 0 N–H and O–H groups in total. The second-order valence-corrected chi connectivity index (χ2v) is 15.6. The highest BCUT2D eigenvalue weighted by Crippen LogP contribution is 2.49. The molecule has 1 rings (SSSR count). The molecule has 0 aliphatic heterocycles. The van der Waals surface area contributed by atoms with Gasteiger partial charge in [-0.25, -0.2) is 0 Å². The maximum Gasteiger partial charge on any atom is 0.149 e. The number of hydrogen-bond donors (Lipinski definition) is 0. The van der Waals surface area contributed by atoms with Gasteiger partial charge in [-0.2, -0.15) is 0 Å². The normalized spacial score (nSPS) is 11.9. The molecule has 0 nitrogen and oxygen atoms in total. The zero-order valence-corrected chi connectivity index (χ0v) is 17.6. The largest absolute Gasteiger partial charge is 0.149 e. The minimum absolute atomic E-state index is 0.0842. The zero-order chi connectivity index (χ0) is 10.9. The van der Waals surface area contributed by atoms with Crippen molar-refractivity contribution in [2.24, 2.45) is 0 Å². The molecular formula is C8H4BrClI4. The van der Waals surface area contributed by atoms with Crippen molar-refractivity contribution in [3.8, 4) is 0 Å². The van der Waals surface area contributed by atoms with Crippen molar-refractivity contribution >= 4 is 118 Å². The van der Waals surface area contributed by atoms with Gasteiger partial charge in [0.15, 0.2) is 0 Å². The van der Waals surface area contributed by atoms with E-state index in [9.17, 15) is 0 Å². The fraction of sp³-hybridized carbons (Fsp3) is 0.250. The summed E-state index contributed by atoms with van der Waals surface area (Å²) in [6.07, 6.45) is 0. The van der Waals surface area contributed by atoms with Gasteiger partial charge in [0.1, 0.15) is -0.565 Å². The fourth-order valence-electron chi connectivity index (χ4n) is 0.989. The van der Waals surface area contributed by atoms with Crippen LogP contribution in [0.15, 0.2) is 12.1 Å². The molecule has 1 aromatic carbocycles. The van der Waals surface area contributed by atoms with Gasteiger partial charge in [0, 0.05) is 8.90 Å². The third kappa shape index (κ3) is 3.70. The molecule has 0 unspecified atom stereocenters. The Morgan fingerprint density at radius 3 is 2.29 bits per heavy atom.